The third kappa shape index (κ3) is 4.26. The number of rotatable bonds is 4. The molecule has 10 aromatic rings. The van der Waals surface area contributed by atoms with Gasteiger partial charge in [-0.2, -0.15) is 0 Å². The summed E-state index contributed by atoms with van der Waals surface area (Å²) in [5, 5.41) is 5.04. The van der Waals surface area contributed by atoms with E-state index in [1.54, 1.807) is 0 Å². The van der Waals surface area contributed by atoms with Crippen LogP contribution in [0.15, 0.2) is 188 Å². The minimum Gasteiger partial charge on any atom is -0.336 e. The lowest BCUT2D eigenvalue weighted by Gasteiger charge is -2.33. The molecule has 0 bridgehead atoms. The fourth-order valence-corrected chi connectivity index (χ4v) is 8.64. The largest absolute Gasteiger partial charge is 0.336 e. The van der Waals surface area contributed by atoms with Crippen LogP contribution in [0.4, 0.5) is 11.4 Å². The zero-order chi connectivity index (χ0) is 34.2. The summed E-state index contributed by atoms with van der Waals surface area (Å²) in [4.78, 5) is 2.47. The first-order valence-corrected chi connectivity index (χ1v) is 18.0. The third-order valence-electron chi connectivity index (χ3n) is 10.9. The van der Waals surface area contributed by atoms with Crippen LogP contribution in [0.25, 0.3) is 77.2 Å². The monoisotopic (exact) mass is 663 g/mol. The van der Waals surface area contributed by atoms with E-state index in [2.05, 4.69) is 202 Å². The number of aromatic nitrogens is 2. The Morgan fingerprint density at radius 1 is 0.327 bits per heavy atom. The molecule has 0 N–H and O–H groups in total. The Morgan fingerprint density at radius 3 is 1.65 bits per heavy atom. The van der Waals surface area contributed by atoms with Crippen LogP contribution in [-0.4, -0.2) is 9.13 Å². The van der Waals surface area contributed by atoms with Gasteiger partial charge in [-0.05, 0) is 77.4 Å². The number of anilines is 2. The van der Waals surface area contributed by atoms with Crippen molar-refractivity contribution in [2.75, 3.05) is 4.90 Å². The van der Waals surface area contributed by atoms with Gasteiger partial charge in [-0.1, -0.05) is 127 Å². The highest BCUT2D eigenvalue weighted by Crippen LogP contribution is 2.47. The second-order valence-electron chi connectivity index (χ2n) is 13.8. The van der Waals surface area contributed by atoms with Crippen molar-refractivity contribution in [3.8, 4) is 33.6 Å². The van der Waals surface area contributed by atoms with Crippen molar-refractivity contribution >= 4 is 55.0 Å². The molecule has 0 unspecified atom stereocenters. The molecule has 1 aliphatic rings. The van der Waals surface area contributed by atoms with Crippen molar-refractivity contribution in [2.45, 2.75) is 6.54 Å². The zero-order valence-corrected chi connectivity index (χ0v) is 28.4. The van der Waals surface area contributed by atoms with Crippen molar-refractivity contribution in [1.82, 2.24) is 9.13 Å². The third-order valence-corrected chi connectivity index (χ3v) is 10.9. The molecule has 52 heavy (non-hydrogen) atoms. The Morgan fingerprint density at radius 2 is 0.904 bits per heavy atom. The lowest BCUT2D eigenvalue weighted by atomic mass is 9.91. The van der Waals surface area contributed by atoms with Gasteiger partial charge in [-0.15, -0.1) is 0 Å². The standard InChI is InChI=1S/C49H33N3/c1-2-17-35(18-3-1)50-32-34-15-4-5-20-37(34)42-31-49-43(30-48(42)50)41-24-9-11-26-45(41)51(49)36-19-14-16-33(29-36)38-21-6-10-25-44(38)52-46-27-12-7-22-39(46)40-23-8-13-28-47(40)52/h1-31H,32H2. The summed E-state index contributed by atoms with van der Waals surface area (Å²) in [6.45, 7) is 0.838. The van der Waals surface area contributed by atoms with Crippen molar-refractivity contribution in [2.24, 2.45) is 0 Å². The quantitative estimate of drug-likeness (QED) is 0.183. The molecule has 11 rings (SSSR count). The highest BCUT2D eigenvalue weighted by atomic mass is 15.1. The first-order valence-electron chi connectivity index (χ1n) is 18.0. The molecule has 3 nitrogen and oxygen atoms in total. The fourth-order valence-electron chi connectivity index (χ4n) is 8.64. The summed E-state index contributed by atoms with van der Waals surface area (Å²) >= 11 is 0. The number of nitrogens with zero attached hydrogens (tertiary/aromatic N) is 3. The number of benzene rings is 8. The number of fused-ring (bicyclic) bond motifs is 9. The Balaban J connectivity index is 1.14. The predicted molar refractivity (Wildman–Crippen MR) is 218 cm³/mol. The lowest BCUT2D eigenvalue weighted by molar-refractivity contribution is 0.962. The molecule has 8 aromatic carbocycles. The summed E-state index contributed by atoms with van der Waals surface area (Å²) in [6, 6.07) is 68.7. The summed E-state index contributed by atoms with van der Waals surface area (Å²) in [5.74, 6) is 0. The lowest BCUT2D eigenvalue weighted by Crippen LogP contribution is -2.21. The molecule has 1 aliphatic heterocycles. The number of hydrogen-bond acceptors (Lipinski definition) is 1. The van der Waals surface area contributed by atoms with E-state index in [0.29, 0.717) is 0 Å². The molecule has 0 radical (unpaired) electrons. The van der Waals surface area contributed by atoms with Gasteiger partial charge < -0.3 is 14.0 Å². The number of para-hydroxylation sites is 5. The van der Waals surface area contributed by atoms with Crippen LogP contribution >= 0.6 is 0 Å². The highest BCUT2D eigenvalue weighted by molar-refractivity contribution is 6.13. The van der Waals surface area contributed by atoms with E-state index in [9.17, 15) is 0 Å². The van der Waals surface area contributed by atoms with Crippen LogP contribution in [0.2, 0.25) is 0 Å². The Hall–Kier alpha value is -6.84. The molecule has 0 aliphatic carbocycles. The van der Waals surface area contributed by atoms with Gasteiger partial charge in [0.05, 0.1) is 33.4 Å². The van der Waals surface area contributed by atoms with E-state index < -0.39 is 0 Å². The molecule has 2 aromatic heterocycles. The van der Waals surface area contributed by atoms with Crippen LogP contribution in [0.5, 0.6) is 0 Å². The molecule has 0 amide bonds. The van der Waals surface area contributed by atoms with Crippen LogP contribution in [0.1, 0.15) is 5.56 Å². The van der Waals surface area contributed by atoms with Gasteiger partial charge >= 0.3 is 0 Å². The second-order valence-corrected chi connectivity index (χ2v) is 13.8. The average molecular weight is 664 g/mol. The van der Waals surface area contributed by atoms with Gasteiger partial charge in [0.25, 0.3) is 0 Å². The van der Waals surface area contributed by atoms with Gasteiger partial charge in [0.1, 0.15) is 0 Å². The highest BCUT2D eigenvalue weighted by Gasteiger charge is 2.26. The topological polar surface area (TPSA) is 13.1 Å². The maximum Gasteiger partial charge on any atom is 0.0548 e. The maximum atomic E-state index is 2.47. The van der Waals surface area contributed by atoms with Crippen molar-refractivity contribution in [3.63, 3.8) is 0 Å². The minimum atomic E-state index is 0.838. The van der Waals surface area contributed by atoms with Gasteiger partial charge in [0.15, 0.2) is 0 Å². The maximum absolute atomic E-state index is 2.47. The normalized spacial score (nSPS) is 12.5. The van der Waals surface area contributed by atoms with E-state index in [0.717, 1.165) is 12.2 Å². The van der Waals surface area contributed by atoms with E-state index in [4.69, 9.17) is 0 Å². The summed E-state index contributed by atoms with van der Waals surface area (Å²) in [5.41, 5.74) is 15.9. The van der Waals surface area contributed by atoms with Crippen molar-refractivity contribution in [3.05, 3.63) is 194 Å². The molecule has 0 spiro atoms. The molecule has 0 saturated heterocycles. The van der Waals surface area contributed by atoms with E-state index >= 15 is 0 Å². The molecule has 3 heterocycles. The predicted octanol–water partition coefficient (Wildman–Crippen LogP) is 12.9. The Bertz CT molecular complexity index is 2950. The average Bonchev–Trinajstić information content (AvgIpc) is 3.73. The van der Waals surface area contributed by atoms with E-state index in [-0.39, 0.29) is 0 Å². The smallest absolute Gasteiger partial charge is 0.0548 e. The molecular weight excluding hydrogens is 631 g/mol. The van der Waals surface area contributed by atoms with Crippen molar-refractivity contribution < 1.29 is 0 Å². The van der Waals surface area contributed by atoms with Gasteiger partial charge in [0.2, 0.25) is 0 Å². The first kappa shape index (κ1) is 28.9. The summed E-state index contributed by atoms with van der Waals surface area (Å²) in [6.07, 6.45) is 0. The van der Waals surface area contributed by atoms with Crippen LogP contribution < -0.4 is 4.90 Å². The second kappa shape index (κ2) is 11.3. The van der Waals surface area contributed by atoms with Crippen LogP contribution in [-0.2, 0) is 6.54 Å². The Kier molecular flexibility index (Phi) is 6.31. The van der Waals surface area contributed by atoms with Crippen molar-refractivity contribution in [1.29, 1.82) is 0 Å². The van der Waals surface area contributed by atoms with E-state index in [1.807, 2.05) is 0 Å². The van der Waals surface area contributed by atoms with Gasteiger partial charge in [-0.25, -0.2) is 0 Å². The van der Waals surface area contributed by atoms with Crippen LogP contribution in [0, 0.1) is 0 Å². The van der Waals surface area contributed by atoms with Gasteiger partial charge in [0, 0.05) is 50.6 Å². The molecule has 244 valence electrons. The molecule has 0 fully saturated rings. The fraction of sp³-hybridized carbons (Fsp3) is 0.0204. The summed E-state index contributed by atoms with van der Waals surface area (Å²) in [7, 11) is 0. The van der Waals surface area contributed by atoms with Gasteiger partial charge in [-0.3, -0.25) is 0 Å². The Labute approximate surface area is 301 Å². The minimum absolute atomic E-state index is 0.838. The van der Waals surface area contributed by atoms with Crippen LogP contribution in [0.3, 0.4) is 0 Å². The molecule has 3 heteroatoms. The SMILES string of the molecule is c1ccc(N2Cc3ccccc3-c3cc4c(cc32)c2ccccc2n4-c2cccc(-c3ccccc3-n3c4ccccc4c4ccccc43)c2)cc1. The molecule has 0 saturated carbocycles. The number of hydrogen-bond donors (Lipinski definition) is 0. The molecular formula is C49H33N3. The first-order chi connectivity index (χ1) is 25.8. The van der Waals surface area contributed by atoms with E-state index in [1.165, 1.54) is 88.5 Å². The zero-order valence-electron chi connectivity index (χ0n) is 28.4. The summed E-state index contributed by atoms with van der Waals surface area (Å²) < 4.78 is 4.89. The molecule has 0 atom stereocenters.